The lowest BCUT2D eigenvalue weighted by Crippen LogP contribution is -2.25. The van der Waals surface area contributed by atoms with Gasteiger partial charge >= 0.3 is 0 Å². The van der Waals surface area contributed by atoms with Crippen LogP contribution in [0.1, 0.15) is 16.7 Å². The van der Waals surface area contributed by atoms with E-state index in [0.29, 0.717) is 0 Å². The van der Waals surface area contributed by atoms with Gasteiger partial charge in [-0.05, 0) is 53.8 Å². The second kappa shape index (κ2) is 6.27. The highest BCUT2D eigenvalue weighted by molar-refractivity contribution is 6.31. The van der Waals surface area contributed by atoms with Crippen LogP contribution < -0.4 is 10.5 Å². The van der Waals surface area contributed by atoms with Crippen LogP contribution in [-0.2, 0) is 19.3 Å². The molecule has 1 unspecified atom stereocenters. The lowest BCUT2D eigenvalue weighted by atomic mass is 9.97. The van der Waals surface area contributed by atoms with Crippen molar-refractivity contribution in [3.05, 3.63) is 63.1 Å². The summed E-state index contributed by atoms with van der Waals surface area (Å²) in [6, 6.07) is 11.8. The Hall–Kier alpha value is -1.22. The van der Waals surface area contributed by atoms with E-state index in [2.05, 4.69) is 0 Å². The zero-order valence-electron chi connectivity index (χ0n) is 11.6. The Labute approximate surface area is 134 Å². The van der Waals surface area contributed by atoms with Crippen LogP contribution in [0.3, 0.4) is 0 Å². The molecule has 21 heavy (non-hydrogen) atoms. The number of hydrogen-bond donors (Lipinski definition) is 1. The summed E-state index contributed by atoms with van der Waals surface area (Å²) in [4.78, 5) is 0. The first-order chi connectivity index (χ1) is 10.1. The minimum Gasteiger partial charge on any atom is -0.493 e. The normalized spacial score (nSPS) is 14.6. The maximum Gasteiger partial charge on any atom is 0.125 e. The highest BCUT2D eigenvalue weighted by Gasteiger charge is 2.19. The van der Waals surface area contributed by atoms with Gasteiger partial charge in [0, 0.05) is 22.5 Å². The monoisotopic (exact) mass is 321 g/mol. The topological polar surface area (TPSA) is 35.2 Å². The molecule has 4 heteroatoms. The average molecular weight is 322 g/mol. The summed E-state index contributed by atoms with van der Waals surface area (Å²) in [6.45, 7) is 0.728. The fourth-order valence-corrected chi connectivity index (χ4v) is 3.30. The minimum atomic E-state index is 0.00948. The molecule has 110 valence electrons. The standard InChI is InChI=1S/C17H17Cl2NO/c18-14-3-1-2-11(6-14)7-16(20)10-13-9-15(19)8-12-4-5-21-17(12)13/h1-3,6,8-9,16H,4-5,7,10,20H2. The van der Waals surface area contributed by atoms with Crippen molar-refractivity contribution < 1.29 is 4.74 Å². The third-order valence-corrected chi connectivity index (χ3v) is 4.15. The fourth-order valence-electron chi connectivity index (χ4n) is 2.82. The summed E-state index contributed by atoms with van der Waals surface area (Å²) >= 11 is 12.2. The van der Waals surface area contributed by atoms with Crippen molar-refractivity contribution in [2.45, 2.75) is 25.3 Å². The van der Waals surface area contributed by atoms with E-state index in [1.807, 2.05) is 36.4 Å². The number of hydrogen-bond acceptors (Lipinski definition) is 2. The van der Waals surface area contributed by atoms with Crippen molar-refractivity contribution in [3.63, 3.8) is 0 Å². The van der Waals surface area contributed by atoms with Crippen molar-refractivity contribution in [1.82, 2.24) is 0 Å². The maximum atomic E-state index is 6.29. The molecule has 1 aliphatic heterocycles. The Morgan fingerprint density at radius 2 is 1.95 bits per heavy atom. The minimum absolute atomic E-state index is 0.00948. The molecule has 1 atom stereocenters. The Balaban J connectivity index is 1.75. The van der Waals surface area contributed by atoms with Gasteiger partial charge in [-0.25, -0.2) is 0 Å². The number of halogens is 2. The van der Waals surface area contributed by atoms with E-state index in [0.717, 1.165) is 52.8 Å². The van der Waals surface area contributed by atoms with E-state index in [1.165, 1.54) is 5.56 Å². The number of rotatable bonds is 4. The Kier molecular flexibility index (Phi) is 4.39. The lowest BCUT2D eigenvalue weighted by Gasteiger charge is -2.15. The van der Waals surface area contributed by atoms with Crippen LogP contribution in [0.4, 0.5) is 0 Å². The van der Waals surface area contributed by atoms with Gasteiger partial charge in [0.2, 0.25) is 0 Å². The molecule has 1 aliphatic rings. The summed E-state index contributed by atoms with van der Waals surface area (Å²) in [5.74, 6) is 0.973. The molecule has 1 heterocycles. The molecule has 2 N–H and O–H groups in total. The summed E-state index contributed by atoms with van der Waals surface area (Å²) in [5, 5.41) is 1.50. The summed E-state index contributed by atoms with van der Waals surface area (Å²) in [6.07, 6.45) is 2.45. The van der Waals surface area contributed by atoms with Gasteiger partial charge in [0.05, 0.1) is 6.61 Å². The third-order valence-electron chi connectivity index (χ3n) is 3.69. The van der Waals surface area contributed by atoms with Crippen molar-refractivity contribution in [2.24, 2.45) is 5.73 Å². The van der Waals surface area contributed by atoms with E-state index in [9.17, 15) is 0 Å². The zero-order chi connectivity index (χ0) is 14.8. The van der Waals surface area contributed by atoms with Gasteiger partial charge in [-0.15, -0.1) is 0 Å². The van der Waals surface area contributed by atoms with Crippen LogP contribution in [-0.4, -0.2) is 12.6 Å². The number of nitrogens with two attached hydrogens (primary N) is 1. The van der Waals surface area contributed by atoms with Gasteiger partial charge in [-0.3, -0.25) is 0 Å². The van der Waals surface area contributed by atoms with Crippen LogP contribution in [0, 0.1) is 0 Å². The van der Waals surface area contributed by atoms with E-state index < -0.39 is 0 Å². The second-order valence-electron chi connectivity index (χ2n) is 5.45. The van der Waals surface area contributed by atoms with E-state index in [-0.39, 0.29) is 6.04 Å². The zero-order valence-corrected chi connectivity index (χ0v) is 13.1. The van der Waals surface area contributed by atoms with Crippen molar-refractivity contribution in [1.29, 1.82) is 0 Å². The second-order valence-corrected chi connectivity index (χ2v) is 6.32. The first-order valence-corrected chi connectivity index (χ1v) is 7.81. The predicted octanol–water partition coefficient (Wildman–Crippen LogP) is 4.04. The molecular formula is C17H17Cl2NO. The van der Waals surface area contributed by atoms with Crippen LogP contribution in [0.2, 0.25) is 10.0 Å². The van der Waals surface area contributed by atoms with Gasteiger partial charge in [-0.2, -0.15) is 0 Å². The molecule has 0 amide bonds. The summed E-state index contributed by atoms with van der Waals surface area (Å²) in [5.41, 5.74) is 9.73. The van der Waals surface area contributed by atoms with E-state index >= 15 is 0 Å². The molecule has 0 fully saturated rings. The van der Waals surface area contributed by atoms with Crippen molar-refractivity contribution in [2.75, 3.05) is 6.61 Å². The SMILES string of the molecule is NC(Cc1cccc(Cl)c1)Cc1cc(Cl)cc2c1OCC2. The first-order valence-electron chi connectivity index (χ1n) is 7.06. The molecule has 2 aromatic carbocycles. The third kappa shape index (κ3) is 3.52. The average Bonchev–Trinajstić information content (AvgIpc) is 2.86. The van der Waals surface area contributed by atoms with E-state index in [4.69, 9.17) is 33.7 Å². The molecule has 0 saturated carbocycles. The van der Waals surface area contributed by atoms with Gasteiger partial charge in [0.15, 0.2) is 0 Å². The van der Waals surface area contributed by atoms with Gasteiger partial charge in [-0.1, -0.05) is 35.3 Å². The van der Waals surface area contributed by atoms with Crippen molar-refractivity contribution in [3.8, 4) is 5.75 Å². The molecule has 0 aliphatic carbocycles. The fraction of sp³-hybridized carbons (Fsp3) is 0.294. The van der Waals surface area contributed by atoms with E-state index in [1.54, 1.807) is 0 Å². The Morgan fingerprint density at radius 3 is 2.76 bits per heavy atom. The molecule has 0 saturated heterocycles. The van der Waals surface area contributed by atoms with Crippen molar-refractivity contribution >= 4 is 23.2 Å². The number of fused-ring (bicyclic) bond motifs is 1. The molecular weight excluding hydrogens is 305 g/mol. The quantitative estimate of drug-likeness (QED) is 0.922. The Morgan fingerprint density at radius 1 is 1.10 bits per heavy atom. The van der Waals surface area contributed by atoms with Crippen LogP contribution in [0.15, 0.2) is 36.4 Å². The van der Waals surface area contributed by atoms with Crippen LogP contribution >= 0.6 is 23.2 Å². The van der Waals surface area contributed by atoms with Crippen LogP contribution in [0.5, 0.6) is 5.75 Å². The molecule has 3 rings (SSSR count). The molecule has 2 aromatic rings. The smallest absolute Gasteiger partial charge is 0.125 e. The molecule has 0 bridgehead atoms. The van der Waals surface area contributed by atoms with Crippen LogP contribution in [0.25, 0.3) is 0 Å². The number of benzene rings is 2. The maximum absolute atomic E-state index is 6.29. The molecule has 0 radical (unpaired) electrons. The molecule has 2 nitrogen and oxygen atoms in total. The largest absolute Gasteiger partial charge is 0.493 e. The molecule has 0 aromatic heterocycles. The van der Waals surface area contributed by atoms with Gasteiger partial charge < -0.3 is 10.5 Å². The Bertz CT molecular complexity index is 657. The highest BCUT2D eigenvalue weighted by atomic mass is 35.5. The molecule has 0 spiro atoms. The first kappa shape index (κ1) is 14.7. The summed E-state index contributed by atoms with van der Waals surface area (Å²) < 4.78 is 5.72. The lowest BCUT2D eigenvalue weighted by molar-refractivity contribution is 0.352. The predicted molar refractivity (Wildman–Crippen MR) is 87.5 cm³/mol. The highest BCUT2D eigenvalue weighted by Crippen LogP contribution is 2.33. The van der Waals surface area contributed by atoms with Gasteiger partial charge in [0.25, 0.3) is 0 Å². The summed E-state index contributed by atoms with van der Waals surface area (Å²) in [7, 11) is 0. The van der Waals surface area contributed by atoms with Gasteiger partial charge in [0.1, 0.15) is 5.75 Å². The number of ether oxygens (including phenoxy) is 1.